The molecule has 2 heteroatoms. The molecule has 1 nitrogen and oxygen atoms in total. The van der Waals surface area contributed by atoms with E-state index in [1.54, 1.807) is 0 Å². The number of rotatable bonds is 2. The molecule has 0 aliphatic heterocycles. The number of nitrogens with zero attached hydrogens (tertiary/aromatic N) is 1. The Morgan fingerprint density at radius 3 is 2.60 bits per heavy atom. The second kappa shape index (κ2) is 3.17. The zero-order chi connectivity index (χ0) is 7.56. The summed E-state index contributed by atoms with van der Waals surface area (Å²) in [6, 6.07) is 2.17. The van der Waals surface area contributed by atoms with Gasteiger partial charge in [-0.2, -0.15) is 0 Å². The van der Waals surface area contributed by atoms with Gasteiger partial charge in [0.15, 0.2) is 0 Å². The fourth-order valence-corrected chi connectivity index (χ4v) is 1.88. The molecule has 0 aliphatic rings. The van der Waals surface area contributed by atoms with Crippen molar-refractivity contribution in [3.05, 3.63) is 21.9 Å². The Kier molecular flexibility index (Phi) is 2.46. The van der Waals surface area contributed by atoms with Gasteiger partial charge in [0, 0.05) is 11.4 Å². The quantitative estimate of drug-likeness (QED) is 0.632. The minimum atomic E-state index is 1.07. The molecule has 56 valence electrons. The van der Waals surface area contributed by atoms with Crippen molar-refractivity contribution in [2.45, 2.75) is 13.5 Å². The lowest BCUT2D eigenvalue weighted by molar-refractivity contribution is 0.405. The average Bonchev–Trinajstić information content (AvgIpc) is 2.15. The molecule has 0 radical (unpaired) electrons. The zero-order valence-electron chi connectivity index (χ0n) is 6.72. The van der Waals surface area contributed by atoms with Gasteiger partial charge >= 0.3 is 0 Å². The first-order valence-electron chi connectivity index (χ1n) is 3.38. The van der Waals surface area contributed by atoms with Crippen LogP contribution in [0, 0.1) is 6.92 Å². The average molecular weight is 155 g/mol. The lowest BCUT2D eigenvalue weighted by Crippen LogP contribution is -2.09. The third kappa shape index (κ3) is 1.82. The highest BCUT2D eigenvalue weighted by Crippen LogP contribution is 2.16. The first kappa shape index (κ1) is 7.76. The monoisotopic (exact) mass is 155 g/mol. The van der Waals surface area contributed by atoms with Crippen LogP contribution in [-0.4, -0.2) is 19.0 Å². The van der Waals surface area contributed by atoms with E-state index in [4.69, 9.17) is 0 Å². The summed E-state index contributed by atoms with van der Waals surface area (Å²) < 4.78 is 0. The van der Waals surface area contributed by atoms with Crippen molar-refractivity contribution in [3.63, 3.8) is 0 Å². The molecule has 0 bridgehead atoms. The molecule has 0 unspecified atom stereocenters. The molecule has 0 N–H and O–H groups in total. The van der Waals surface area contributed by atoms with Gasteiger partial charge < -0.3 is 4.90 Å². The Balaban J connectivity index is 2.65. The van der Waals surface area contributed by atoms with Gasteiger partial charge in [0.05, 0.1) is 0 Å². The van der Waals surface area contributed by atoms with Crippen LogP contribution in [0.4, 0.5) is 0 Å². The molecule has 0 saturated heterocycles. The van der Waals surface area contributed by atoms with Crippen molar-refractivity contribution in [2.24, 2.45) is 0 Å². The highest BCUT2D eigenvalue weighted by Gasteiger charge is 1.99. The lowest BCUT2D eigenvalue weighted by Gasteiger charge is -2.07. The zero-order valence-corrected chi connectivity index (χ0v) is 7.53. The molecule has 0 saturated carbocycles. The topological polar surface area (TPSA) is 3.24 Å². The molecule has 1 aromatic rings. The van der Waals surface area contributed by atoms with Gasteiger partial charge in [-0.25, -0.2) is 0 Å². The molecule has 0 aliphatic carbocycles. The van der Waals surface area contributed by atoms with E-state index in [9.17, 15) is 0 Å². The number of hydrogen-bond acceptors (Lipinski definition) is 2. The summed E-state index contributed by atoms with van der Waals surface area (Å²) >= 11 is 1.84. The summed E-state index contributed by atoms with van der Waals surface area (Å²) in [5.41, 5.74) is 1.42. The fourth-order valence-electron chi connectivity index (χ4n) is 0.853. The van der Waals surface area contributed by atoms with Crippen molar-refractivity contribution in [2.75, 3.05) is 14.1 Å². The van der Waals surface area contributed by atoms with Gasteiger partial charge in [0.1, 0.15) is 0 Å². The van der Waals surface area contributed by atoms with Gasteiger partial charge in [-0.15, -0.1) is 11.3 Å². The molecule has 0 aromatic carbocycles. The van der Waals surface area contributed by atoms with Crippen LogP contribution in [0.25, 0.3) is 0 Å². The second-order valence-corrected chi connectivity index (χ2v) is 3.77. The summed E-state index contributed by atoms with van der Waals surface area (Å²) in [6.45, 7) is 3.23. The van der Waals surface area contributed by atoms with E-state index in [1.807, 2.05) is 11.3 Å². The van der Waals surface area contributed by atoms with Crippen molar-refractivity contribution >= 4 is 11.3 Å². The van der Waals surface area contributed by atoms with Gasteiger partial charge in [0.25, 0.3) is 0 Å². The molecule has 1 heterocycles. The molecule has 10 heavy (non-hydrogen) atoms. The molecule has 0 fully saturated rings. The Hall–Kier alpha value is -0.340. The van der Waals surface area contributed by atoms with Crippen LogP contribution in [0.15, 0.2) is 11.4 Å². The highest BCUT2D eigenvalue weighted by molar-refractivity contribution is 7.10. The van der Waals surface area contributed by atoms with Crippen LogP contribution < -0.4 is 0 Å². The van der Waals surface area contributed by atoms with Crippen LogP contribution in [0.5, 0.6) is 0 Å². The number of thiophene rings is 1. The van der Waals surface area contributed by atoms with Gasteiger partial charge in [-0.05, 0) is 38.0 Å². The van der Waals surface area contributed by atoms with Crippen LogP contribution in [0.1, 0.15) is 10.4 Å². The van der Waals surface area contributed by atoms with Crippen molar-refractivity contribution < 1.29 is 0 Å². The fraction of sp³-hybridized carbons (Fsp3) is 0.500. The Morgan fingerprint density at radius 2 is 2.20 bits per heavy atom. The van der Waals surface area contributed by atoms with Gasteiger partial charge in [-0.3, -0.25) is 0 Å². The molecule has 1 aromatic heterocycles. The summed E-state index contributed by atoms with van der Waals surface area (Å²) in [7, 11) is 4.19. The van der Waals surface area contributed by atoms with Crippen LogP contribution in [0.3, 0.4) is 0 Å². The lowest BCUT2D eigenvalue weighted by atomic mass is 10.3. The third-order valence-corrected chi connectivity index (χ3v) is 2.44. The van der Waals surface area contributed by atoms with Crippen LogP contribution >= 0.6 is 11.3 Å². The van der Waals surface area contributed by atoms with E-state index in [0.717, 1.165) is 6.54 Å². The van der Waals surface area contributed by atoms with E-state index in [1.165, 1.54) is 10.4 Å². The maximum atomic E-state index is 2.19. The third-order valence-electron chi connectivity index (χ3n) is 1.43. The van der Waals surface area contributed by atoms with Crippen molar-refractivity contribution in [1.82, 2.24) is 4.90 Å². The van der Waals surface area contributed by atoms with E-state index >= 15 is 0 Å². The maximum absolute atomic E-state index is 2.19. The normalized spacial score (nSPS) is 10.8. The smallest absolute Gasteiger partial charge is 0.0324 e. The van der Waals surface area contributed by atoms with Crippen molar-refractivity contribution in [1.29, 1.82) is 0 Å². The molecular formula is C8H13NS. The van der Waals surface area contributed by atoms with E-state index in [2.05, 4.69) is 37.4 Å². The van der Waals surface area contributed by atoms with E-state index in [-0.39, 0.29) is 0 Å². The summed E-state index contributed by atoms with van der Waals surface area (Å²) in [6.07, 6.45) is 0. The Morgan fingerprint density at radius 1 is 1.50 bits per heavy atom. The predicted molar refractivity (Wildman–Crippen MR) is 46.4 cm³/mol. The van der Waals surface area contributed by atoms with Gasteiger partial charge in [0.2, 0.25) is 0 Å². The Labute approximate surface area is 66.3 Å². The number of hydrogen-bond donors (Lipinski definition) is 0. The first-order valence-corrected chi connectivity index (χ1v) is 4.26. The predicted octanol–water partition coefficient (Wildman–Crippen LogP) is 2.12. The minimum Gasteiger partial charge on any atom is -0.304 e. The standard InChI is InChI=1S/C8H13NS/c1-7-4-5-10-8(7)6-9(2)3/h4-5H,6H2,1-3H3. The van der Waals surface area contributed by atoms with E-state index in [0.29, 0.717) is 0 Å². The summed E-state index contributed by atoms with van der Waals surface area (Å²) in [5.74, 6) is 0. The summed E-state index contributed by atoms with van der Waals surface area (Å²) in [5, 5.41) is 2.15. The highest BCUT2D eigenvalue weighted by atomic mass is 32.1. The molecule has 0 atom stereocenters. The molecule has 0 spiro atoms. The molecular weight excluding hydrogens is 142 g/mol. The second-order valence-electron chi connectivity index (χ2n) is 2.76. The van der Waals surface area contributed by atoms with E-state index < -0.39 is 0 Å². The van der Waals surface area contributed by atoms with Gasteiger partial charge in [-0.1, -0.05) is 0 Å². The summed E-state index contributed by atoms with van der Waals surface area (Å²) in [4.78, 5) is 3.67. The largest absolute Gasteiger partial charge is 0.304 e. The minimum absolute atomic E-state index is 1.07. The molecule has 0 amide bonds. The van der Waals surface area contributed by atoms with Crippen LogP contribution in [-0.2, 0) is 6.54 Å². The first-order chi connectivity index (χ1) is 4.70. The van der Waals surface area contributed by atoms with Crippen molar-refractivity contribution in [3.8, 4) is 0 Å². The Bertz CT molecular complexity index is 203. The van der Waals surface area contributed by atoms with Crippen LogP contribution in [0.2, 0.25) is 0 Å². The number of aryl methyl sites for hydroxylation is 1. The maximum Gasteiger partial charge on any atom is 0.0324 e. The SMILES string of the molecule is Cc1ccsc1CN(C)C. The molecule has 1 rings (SSSR count).